The molecule has 0 fully saturated rings. The van der Waals surface area contributed by atoms with E-state index in [1.807, 2.05) is 0 Å². The van der Waals surface area contributed by atoms with E-state index in [-0.39, 0.29) is 5.41 Å². The Morgan fingerprint density at radius 1 is 0.431 bits per heavy atom. The van der Waals surface area contributed by atoms with Gasteiger partial charge < -0.3 is 4.90 Å². The lowest BCUT2D eigenvalue weighted by atomic mass is 9.73. The van der Waals surface area contributed by atoms with Crippen LogP contribution < -0.4 is 9.80 Å². The van der Waals surface area contributed by atoms with Crippen LogP contribution in [0.25, 0.3) is 11.0 Å². The van der Waals surface area contributed by atoms with E-state index in [0.29, 0.717) is 0 Å². The molecular formula is C47H36N4. The van der Waals surface area contributed by atoms with Crippen LogP contribution in [0.15, 0.2) is 182 Å². The number of aromatic nitrogens is 2. The number of imidazole rings is 1. The Morgan fingerprint density at radius 2 is 0.961 bits per heavy atom. The van der Waals surface area contributed by atoms with Gasteiger partial charge in [-0.05, 0) is 70.8 Å². The number of fused-ring (bicyclic) bond motifs is 6. The second-order valence-electron chi connectivity index (χ2n) is 14.0. The number of benzene rings is 7. The lowest BCUT2D eigenvalue weighted by molar-refractivity contribution is 0.520. The summed E-state index contributed by atoms with van der Waals surface area (Å²) in [6.07, 6.45) is 0. The van der Waals surface area contributed by atoms with Crippen molar-refractivity contribution >= 4 is 45.4 Å². The second kappa shape index (κ2) is 11.1. The molecule has 10 rings (SSSR count). The summed E-state index contributed by atoms with van der Waals surface area (Å²) < 4.78 is 2.47. The van der Waals surface area contributed by atoms with Crippen LogP contribution in [0.1, 0.15) is 41.7 Å². The molecule has 51 heavy (non-hydrogen) atoms. The third-order valence-corrected chi connectivity index (χ3v) is 11.0. The first-order valence-corrected chi connectivity index (χ1v) is 17.7. The maximum absolute atomic E-state index is 5.46. The summed E-state index contributed by atoms with van der Waals surface area (Å²) in [6, 6.07) is 65.9. The average molecular weight is 657 g/mol. The minimum Gasteiger partial charge on any atom is -0.310 e. The molecule has 7 aromatic carbocycles. The summed E-state index contributed by atoms with van der Waals surface area (Å²) in [4.78, 5) is 10.3. The van der Waals surface area contributed by atoms with Gasteiger partial charge in [-0.25, -0.2) is 4.98 Å². The van der Waals surface area contributed by atoms with Gasteiger partial charge in [-0.3, -0.25) is 9.47 Å². The Bertz CT molecular complexity index is 2480. The molecule has 0 radical (unpaired) electrons. The number of hydrogen-bond donors (Lipinski definition) is 0. The van der Waals surface area contributed by atoms with Crippen molar-refractivity contribution in [2.75, 3.05) is 9.80 Å². The molecule has 3 heterocycles. The third kappa shape index (κ3) is 4.11. The molecule has 2 aliphatic heterocycles. The van der Waals surface area contributed by atoms with Crippen LogP contribution in [-0.4, -0.2) is 9.55 Å². The zero-order valence-corrected chi connectivity index (χ0v) is 28.6. The molecule has 0 aliphatic carbocycles. The van der Waals surface area contributed by atoms with Crippen LogP contribution in [-0.2, 0) is 11.0 Å². The average Bonchev–Trinajstić information content (AvgIpc) is 3.58. The Hall–Kier alpha value is -6.39. The van der Waals surface area contributed by atoms with Gasteiger partial charge in [0.05, 0.1) is 28.1 Å². The fourth-order valence-corrected chi connectivity index (χ4v) is 8.75. The van der Waals surface area contributed by atoms with Gasteiger partial charge in [0.1, 0.15) is 5.54 Å². The molecular weight excluding hydrogens is 621 g/mol. The van der Waals surface area contributed by atoms with Gasteiger partial charge >= 0.3 is 0 Å². The standard InChI is InChI=1S/C47H36N4/c1-46(2)37-24-12-15-27-41(37)49(42-28-16-13-25-38(42)46)36-30-31-39-44(32-36)50(35-22-10-5-11-23-35)45-48-40-26-14-17-29-43(40)51(45)47(39,33-18-6-3-7-19-33)34-20-8-4-9-21-34/h3-32H,1-2H3. The highest BCUT2D eigenvalue weighted by Gasteiger charge is 2.48. The molecule has 0 saturated heterocycles. The first-order valence-electron chi connectivity index (χ1n) is 17.7. The van der Waals surface area contributed by atoms with Crippen LogP contribution in [0, 0.1) is 0 Å². The predicted molar refractivity (Wildman–Crippen MR) is 209 cm³/mol. The van der Waals surface area contributed by atoms with Crippen molar-refractivity contribution < 1.29 is 0 Å². The van der Waals surface area contributed by atoms with Crippen LogP contribution in [0.3, 0.4) is 0 Å². The van der Waals surface area contributed by atoms with E-state index in [1.54, 1.807) is 0 Å². The SMILES string of the molecule is CC1(C)c2ccccc2N(c2ccc3c(c2)N(c2ccccc2)c2nc4ccccc4n2C3(c2ccccc2)c2ccccc2)c2ccccc21. The van der Waals surface area contributed by atoms with Gasteiger partial charge in [0.2, 0.25) is 5.95 Å². The van der Waals surface area contributed by atoms with E-state index in [4.69, 9.17) is 4.98 Å². The molecule has 0 spiro atoms. The van der Waals surface area contributed by atoms with Crippen molar-refractivity contribution in [2.24, 2.45) is 0 Å². The van der Waals surface area contributed by atoms with E-state index >= 15 is 0 Å². The second-order valence-corrected chi connectivity index (χ2v) is 14.0. The maximum atomic E-state index is 5.46. The minimum atomic E-state index is -0.715. The fraction of sp³-hybridized carbons (Fsp3) is 0.0851. The van der Waals surface area contributed by atoms with Crippen LogP contribution in [0.4, 0.5) is 34.4 Å². The third-order valence-electron chi connectivity index (χ3n) is 11.0. The van der Waals surface area contributed by atoms with E-state index in [9.17, 15) is 0 Å². The Balaban J connectivity index is 1.34. The van der Waals surface area contributed by atoms with Crippen molar-refractivity contribution in [3.63, 3.8) is 0 Å². The van der Waals surface area contributed by atoms with Gasteiger partial charge in [0.15, 0.2) is 0 Å². The van der Waals surface area contributed by atoms with E-state index in [2.05, 4.69) is 210 Å². The summed E-state index contributed by atoms with van der Waals surface area (Å²) in [5.74, 6) is 0.875. The largest absolute Gasteiger partial charge is 0.310 e. The molecule has 0 amide bonds. The molecule has 0 N–H and O–H groups in total. The number of nitrogens with zero attached hydrogens (tertiary/aromatic N) is 4. The number of rotatable bonds is 4. The van der Waals surface area contributed by atoms with Gasteiger partial charge in [-0.1, -0.05) is 147 Å². The number of anilines is 6. The van der Waals surface area contributed by atoms with Crippen molar-refractivity contribution in [1.82, 2.24) is 9.55 Å². The molecule has 2 aliphatic rings. The lowest BCUT2D eigenvalue weighted by Gasteiger charge is -2.47. The summed E-state index contributed by atoms with van der Waals surface area (Å²) in [6.45, 7) is 4.68. The van der Waals surface area contributed by atoms with Crippen LogP contribution in [0.2, 0.25) is 0 Å². The summed E-state index contributed by atoms with van der Waals surface area (Å²) >= 11 is 0. The van der Waals surface area contributed by atoms with Crippen molar-refractivity contribution in [1.29, 1.82) is 0 Å². The monoisotopic (exact) mass is 656 g/mol. The van der Waals surface area contributed by atoms with Gasteiger partial charge in [0.25, 0.3) is 0 Å². The first kappa shape index (κ1) is 29.5. The minimum absolute atomic E-state index is 0.144. The summed E-state index contributed by atoms with van der Waals surface area (Å²) in [5.41, 5.74) is 13.0. The Labute approximate surface area is 298 Å². The zero-order valence-electron chi connectivity index (χ0n) is 28.6. The molecule has 0 bridgehead atoms. The van der Waals surface area contributed by atoms with Crippen molar-refractivity contribution in [2.45, 2.75) is 24.8 Å². The molecule has 0 saturated carbocycles. The first-order chi connectivity index (χ1) is 25.1. The fourth-order valence-electron chi connectivity index (χ4n) is 8.75. The molecule has 4 heteroatoms. The Morgan fingerprint density at radius 3 is 1.59 bits per heavy atom. The topological polar surface area (TPSA) is 24.3 Å². The molecule has 0 unspecified atom stereocenters. The quantitative estimate of drug-likeness (QED) is 0.188. The molecule has 244 valence electrons. The van der Waals surface area contributed by atoms with Gasteiger partial charge in [-0.2, -0.15) is 0 Å². The molecule has 8 aromatic rings. The smallest absolute Gasteiger partial charge is 0.217 e. The van der Waals surface area contributed by atoms with Gasteiger partial charge in [-0.15, -0.1) is 0 Å². The molecule has 0 atom stereocenters. The normalized spacial score (nSPS) is 15.1. The highest BCUT2D eigenvalue weighted by Crippen LogP contribution is 2.57. The predicted octanol–water partition coefficient (Wildman–Crippen LogP) is 11.8. The highest BCUT2D eigenvalue weighted by atomic mass is 15.4. The molecule has 1 aromatic heterocycles. The maximum Gasteiger partial charge on any atom is 0.217 e. The van der Waals surface area contributed by atoms with Crippen LogP contribution >= 0.6 is 0 Å². The summed E-state index contributed by atoms with van der Waals surface area (Å²) in [7, 11) is 0. The van der Waals surface area contributed by atoms with Crippen molar-refractivity contribution in [3.05, 3.63) is 210 Å². The molecule has 4 nitrogen and oxygen atoms in total. The van der Waals surface area contributed by atoms with Gasteiger partial charge in [0, 0.05) is 22.4 Å². The summed E-state index contributed by atoms with van der Waals surface area (Å²) in [5, 5.41) is 0. The Kier molecular flexibility index (Phi) is 6.40. The zero-order chi connectivity index (χ0) is 34.2. The van der Waals surface area contributed by atoms with E-state index in [0.717, 1.165) is 34.0 Å². The van der Waals surface area contributed by atoms with E-state index < -0.39 is 5.54 Å². The van der Waals surface area contributed by atoms with E-state index in [1.165, 1.54) is 39.2 Å². The highest BCUT2D eigenvalue weighted by molar-refractivity contribution is 5.93. The van der Waals surface area contributed by atoms with Crippen molar-refractivity contribution in [3.8, 4) is 0 Å². The number of para-hydroxylation sites is 5. The lowest BCUT2D eigenvalue weighted by Crippen LogP contribution is -2.43. The van der Waals surface area contributed by atoms with Crippen LogP contribution in [0.5, 0.6) is 0 Å². The number of hydrogen-bond acceptors (Lipinski definition) is 3.